The molecule has 1 atom stereocenters. The Kier molecular flexibility index (Phi) is 7.51. The SMILES string of the molecule is O=C(NCCCn1ccnc1)C(=O)NC[C@@H](c1cccnc1)N1CCOCC1. The smallest absolute Gasteiger partial charge is 0.309 e. The number of carbonyl (C=O) groups excluding carboxylic acids is 2. The average molecular weight is 386 g/mol. The fraction of sp³-hybridized carbons (Fsp3) is 0.474. The maximum atomic E-state index is 12.2. The monoisotopic (exact) mass is 386 g/mol. The lowest BCUT2D eigenvalue weighted by Gasteiger charge is -2.34. The molecule has 28 heavy (non-hydrogen) atoms. The first-order valence-corrected chi connectivity index (χ1v) is 9.47. The molecule has 1 saturated heterocycles. The number of rotatable bonds is 8. The van der Waals surface area contributed by atoms with E-state index >= 15 is 0 Å². The van der Waals surface area contributed by atoms with Crippen molar-refractivity contribution in [2.45, 2.75) is 19.0 Å². The topological polar surface area (TPSA) is 101 Å². The van der Waals surface area contributed by atoms with E-state index in [0.29, 0.717) is 26.3 Å². The summed E-state index contributed by atoms with van der Waals surface area (Å²) in [5, 5.41) is 5.41. The van der Waals surface area contributed by atoms with Crippen molar-refractivity contribution in [2.24, 2.45) is 0 Å². The normalized spacial score (nSPS) is 15.7. The maximum absolute atomic E-state index is 12.2. The first-order chi connectivity index (χ1) is 13.7. The number of nitrogens with zero attached hydrogens (tertiary/aromatic N) is 4. The molecule has 9 nitrogen and oxygen atoms in total. The molecule has 2 amide bonds. The number of aryl methyl sites for hydroxylation is 1. The fourth-order valence-electron chi connectivity index (χ4n) is 3.15. The second-order valence-corrected chi connectivity index (χ2v) is 6.57. The Morgan fingerprint density at radius 1 is 1.14 bits per heavy atom. The van der Waals surface area contributed by atoms with Gasteiger partial charge < -0.3 is 19.9 Å². The molecule has 1 aliphatic rings. The molecule has 3 heterocycles. The van der Waals surface area contributed by atoms with Crippen LogP contribution in [-0.2, 0) is 20.9 Å². The van der Waals surface area contributed by atoms with Crippen molar-refractivity contribution in [3.8, 4) is 0 Å². The Balaban J connectivity index is 1.46. The van der Waals surface area contributed by atoms with Crippen molar-refractivity contribution >= 4 is 11.8 Å². The predicted molar refractivity (Wildman–Crippen MR) is 102 cm³/mol. The maximum Gasteiger partial charge on any atom is 0.309 e. The molecule has 0 aliphatic carbocycles. The molecule has 0 saturated carbocycles. The van der Waals surface area contributed by atoms with E-state index in [0.717, 1.165) is 31.6 Å². The van der Waals surface area contributed by atoms with Crippen LogP contribution in [0.3, 0.4) is 0 Å². The van der Waals surface area contributed by atoms with Gasteiger partial charge >= 0.3 is 11.8 Å². The molecule has 0 unspecified atom stereocenters. The lowest BCUT2D eigenvalue weighted by Crippen LogP contribution is -2.46. The second kappa shape index (κ2) is 10.5. The summed E-state index contributed by atoms with van der Waals surface area (Å²) < 4.78 is 7.34. The third-order valence-electron chi connectivity index (χ3n) is 4.66. The number of hydrogen-bond acceptors (Lipinski definition) is 6. The van der Waals surface area contributed by atoms with Crippen LogP contribution >= 0.6 is 0 Å². The van der Waals surface area contributed by atoms with Crippen molar-refractivity contribution in [1.29, 1.82) is 0 Å². The van der Waals surface area contributed by atoms with Gasteiger partial charge in [-0.05, 0) is 18.1 Å². The minimum atomic E-state index is -0.621. The van der Waals surface area contributed by atoms with Gasteiger partial charge in [-0.2, -0.15) is 0 Å². The number of imidazole rings is 1. The van der Waals surface area contributed by atoms with Crippen LogP contribution in [-0.4, -0.2) is 70.6 Å². The molecule has 0 aromatic carbocycles. The van der Waals surface area contributed by atoms with Crippen LogP contribution in [0.25, 0.3) is 0 Å². The van der Waals surface area contributed by atoms with Gasteiger partial charge in [-0.1, -0.05) is 6.07 Å². The van der Waals surface area contributed by atoms with E-state index in [-0.39, 0.29) is 6.04 Å². The van der Waals surface area contributed by atoms with E-state index in [1.807, 2.05) is 22.9 Å². The molecular formula is C19H26N6O3. The molecule has 2 N–H and O–H groups in total. The quantitative estimate of drug-likeness (QED) is 0.488. The summed E-state index contributed by atoms with van der Waals surface area (Å²) in [7, 11) is 0. The number of morpholine rings is 1. The molecule has 2 aromatic heterocycles. The van der Waals surface area contributed by atoms with Crippen molar-refractivity contribution in [1.82, 2.24) is 30.1 Å². The summed E-state index contributed by atoms with van der Waals surface area (Å²) in [6, 6.07) is 3.81. The highest BCUT2D eigenvalue weighted by Crippen LogP contribution is 2.20. The molecule has 2 aromatic rings. The molecular weight excluding hydrogens is 360 g/mol. The van der Waals surface area contributed by atoms with Crippen LogP contribution in [0, 0.1) is 0 Å². The number of carbonyl (C=O) groups is 2. The highest BCUT2D eigenvalue weighted by Gasteiger charge is 2.24. The van der Waals surface area contributed by atoms with Gasteiger partial charge in [0.05, 0.1) is 25.6 Å². The lowest BCUT2D eigenvalue weighted by molar-refractivity contribution is -0.139. The summed E-state index contributed by atoms with van der Waals surface area (Å²) in [4.78, 5) is 34.6. The van der Waals surface area contributed by atoms with Crippen LogP contribution in [0.5, 0.6) is 0 Å². The van der Waals surface area contributed by atoms with E-state index in [1.54, 1.807) is 24.9 Å². The molecule has 0 bridgehead atoms. The Morgan fingerprint density at radius 3 is 2.68 bits per heavy atom. The Labute approximate surface area is 164 Å². The number of ether oxygens (including phenoxy) is 1. The summed E-state index contributed by atoms with van der Waals surface area (Å²) in [6.07, 6.45) is 9.52. The van der Waals surface area contributed by atoms with Crippen LogP contribution in [0.2, 0.25) is 0 Å². The van der Waals surface area contributed by atoms with Crippen LogP contribution in [0.15, 0.2) is 43.2 Å². The summed E-state index contributed by atoms with van der Waals surface area (Å²) in [5.41, 5.74) is 1.01. The number of hydrogen-bond donors (Lipinski definition) is 2. The second-order valence-electron chi connectivity index (χ2n) is 6.57. The van der Waals surface area contributed by atoms with E-state index in [1.165, 1.54) is 0 Å². The summed E-state index contributed by atoms with van der Waals surface area (Å²) in [6.45, 7) is 4.37. The minimum absolute atomic E-state index is 0.0457. The van der Waals surface area contributed by atoms with Gasteiger partial charge in [0.1, 0.15) is 0 Å². The zero-order chi connectivity index (χ0) is 19.6. The Hall–Kier alpha value is -2.78. The highest BCUT2D eigenvalue weighted by atomic mass is 16.5. The van der Waals surface area contributed by atoms with E-state index in [2.05, 4.69) is 25.5 Å². The van der Waals surface area contributed by atoms with Crippen LogP contribution in [0.4, 0.5) is 0 Å². The van der Waals surface area contributed by atoms with Crippen molar-refractivity contribution in [3.05, 3.63) is 48.8 Å². The first kappa shape index (κ1) is 20.0. The number of pyridine rings is 1. The van der Waals surface area contributed by atoms with E-state index in [4.69, 9.17) is 4.74 Å². The summed E-state index contributed by atoms with van der Waals surface area (Å²) in [5.74, 6) is -1.23. The number of aromatic nitrogens is 3. The van der Waals surface area contributed by atoms with Crippen molar-refractivity contribution < 1.29 is 14.3 Å². The summed E-state index contributed by atoms with van der Waals surface area (Å²) >= 11 is 0. The Morgan fingerprint density at radius 2 is 1.96 bits per heavy atom. The van der Waals surface area contributed by atoms with Crippen LogP contribution < -0.4 is 10.6 Å². The minimum Gasteiger partial charge on any atom is -0.379 e. The zero-order valence-electron chi connectivity index (χ0n) is 15.8. The third kappa shape index (κ3) is 5.86. The molecule has 0 spiro atoms. The highest BCUT2D eigenvalue weighted by molar-refractivity contribution is 6.35. The molecule has 150 valence electrons. The molecule has 3 rings (SSSR count). The number of nitrogens with one attached hydrogen (secondary N) is 2. The molecule has 1 fully saturated rings. The van der Waals surface area contributed by atoms with Gasteiger partial charge in [-0.25, -0.2) is 4.98 Å². The molecule has 0 radical (unpaired) electrons. The molecule has 1 aliphatic heterocycles. The standard InChI is InChI=1S/C19H26N6O3/c26-18(22-5-2-7-24-8-6-21-15-24)19(27)23-14-17(16-3-1-4-20-13-16)25-9-11-28-12-10-25/h1,3-4,6,8,13,15,17H,2,5,7,9-12,14H2,(H,22,26)(H,23,27)/t17-/m0/s1. The van der Waals surface area contributed by atoms with Crippen molar-refractivity contribution in [3.63, 3.8) is 0 Å². The lowest BCUT2D eigenvalue weighted by atomic mass is 10.1. The predicted octanol–water partition coefficient (Wildman–Crippen LogP) is -0.0259. The Bertz CT molecular complexity index is 731. The van der Waals surface area contributed by atoms with Gasteiger partial charge in [0.2, 0.25) is 0 Å². The largest absolute Gasteiger partial charge is 0.379 e. The first-order valence-electron chi connectivity index (χ1n) is 9.47. The average Bonchev–Trinajstić information content (AvgIpc) is 3.26. The van der Waals surface area contributed by atoms with Gasteiger partial charge in [0, 0.05) is 57.5 Å². The van der Waals surface area contributed by atoms with E-state index < -0.39 is 11.8 Å². The number of amides is 2. The van der Waals surface area contributed by atoms with Crippen LogP contribution in [0.1, 0.15) is 18.0 Å². The van der Waals surface area contributed by atoms with Gasteiger partial charge in [0.25, 0.3) is 0 Å². The van der Waals surface area contributed by atoms with E-state index in [9.17, 15) is 9.59 Å². The third-order valence-corrected chi connectivity index (χ3v) is 4.66. The van der Waals surface area contributed by atoms with Crippen molar-refractivity contribution in [2.75, 3.05) is 39.4 Å². The molecule has 9 heteroatoms. The van der Waals surface area contributed by atoms with Gasteiger partial charge in [0.15, 0.2) is 0 Å². The zero-order valence-corrected chi connectivity index (χ0v) is 15.8. The fourth-order valence-corrected chi connectivity index (χ4v) is 3.15. The van der Waals surface area contributed by atoms with Gasteiger partial charge in [-0.15, -0.1) is 0 Å². The van der Waals surface area contributed by atoms with Gasteiger partial charge in [-0.3, -0.25) is 19.5 Å².